The molecule has 1 fully saturated rings. The van der Waals surface area contributed by atoms with Crippen molar-refractivity contribution in [3.8, 4) is 0 Å². The summed E-state index contributed by atoms with van der Waals surface area (Å²) in [5.74, 6) is -0.249. The maximum absolute atomic E-state index is 13.2. The molecule has 1 aromatic carbocycles. The molecule has 5 nitrogen and oxygen atoms in total. The molecule has 0 saturated carbocycles. The average Bonchev–Trinajstić information content (AvgIpc) is 2.46. The maximum atomic E-state index is 13.2. The third-order valence-corrected chi connectivity index (χ3v) is 3.45. The Morgan fingerprint density at radius 1 is 1.48 bits per heavy atom. The fraction of sp³-hybridized carbons (Fsp3) is 0.588. The molecule has 1 aromatic rings. The molecule has 6 heteroatoms. The van der Waals surface area contributed by atoms with Crippen LogP contribution in [0.2, 0.25) is 0 Å². The number of carbonyl (C=O) groups is 1. The van der Waals surface area contributed by atoms with E-state index in [0.717, 1.165) is 5.56 Å². The van der Waals surface area contributed by atoms with Gasteiger partial charge in [-0.3, -0.25) is 4.90 Å². The molecular weight excluding hydrogens is 299 g/mol. The number of benzene rings is 1. The zero-order valence-electron chi connectivity index (χ0n) is 14.0. The van der Waals surface area contributed by atoms with Crippen molar-refractivity contribution in [2.75, 3.05) is 26.3 Å². The van der Waals surface area contributed by atoms with E-state index in [9.17, 15) is 9.18 Å². The quantitative estimate of drug-likeness (QED) is 0.925. The predicted octanol–water partition coefficient (Wildman–Crippen LogP) is 2.55. The number of carbonyl (C=O) groups excluding carboxylic acids is 1. The zero-order valence-corrected chi connectivity index (χ0v) is 14.0. The molecule has 1 amide bonds. The lowest BCUT2D eigenvalue weighted by molar-refractivity contribution is -0.0317. The van der Waals surface area contributed by atoms with Crippen LogP contribution in [0.4, 0.5) is 9.18 Å². The number of halogens is 1. The van der Waals surface area contributed by atoms with E-state index in [1.54, 1.807) is 11.0 Å². The van der Waals surface area contributed by atoms with Crippen molar-refractivity contribution in [3.05, 3.63) is 35.6 Å². The lowest BCUT2D eigenvalue weighted by Crippen LogP contribution is -2.54. The van der Waals surface area contributed by atoms with Gasteiger partial charge in [-0.05, 0) is 38.5 Å². The lowest BCUT2D eigenvalue weighted by Gasteiger charge is -2.36. The number of rotatable bonds is 4. The van der Waals surface area contributed by atoms with E-state index >= 15 is 0 Å². The standard InChI is InChI=1S/C17H25FN2O3/c1-17(2,3)23-16(21)20-7-8-22-12-15(20)11-19-10-13-5-4-6-14(18)9-13/h4-6,9,15,19H,7-8,10-12H2,1-3H3. The van der Waals surface area contributed by atoms with E-state index in [-0.39, 0.29) is 18.0 Å². The van der Waals surface area contributed by atoms with Gasteiger partial charge in [0.2, 0.25) is 0 Å². The van der Waals surface area contributed by atoms with Gasteiger partial charge >= 0.3 is 6.09 Å². The highest BCUT2D eigenvalue weighted by Gasteiger charge is 2.30. The van der Waals surface area contributed by atoms with E-state index in [1.807, 2.05) is 26.8 Å². The van der Waals surface area contributed by atoms with Gasteiger partial charge in [0.25, 0.3) is 0 Å². The number of amides is 1. The van der Waals surface area contributed by atoms with Crippen molar-refractivity contribution in [2.24, 2.45) is 0 Å². The SMILES string of the molecule is CC(C)(C)OC(=O)N1CCOCC1CNCc1cccc(F)c1. The summed E-state index contributed by atoms with van der Waals surface area (Å²) in [7, 11) is 0. The van der Waals surface area contributed by atoms with Crippen LogP contribution >= 0.6 is 0 Å². The van der Waals surface area contributed by atoms with Gasteiger partial charge in [-0.25, -0.2) is 9.18 Å². The van der Waals surface area contributed by atoms with Gasteiger partial charge < -0.3 is 14.8 Å². The van der Waals surface area contributed by atoms with Crippen LogP contribution in [0.3, 0.4) is 0 Å². The van der Waals surface area contributed by atoms with Gasteiger partial charge in [0.15, 0.2) is 0 Å². The summed E-state index contributed by atoms with van der Waals surface area (Å²) in [5.41, 5.74) is 0.347. The second-order valence-corrected chi connectivity index (χ2v) is 6.66. The highest BCUT2D eigenvalue weighted by Crippen LogP contribution is 2.14. The first-order valence-corrected chi connectivity index (χ1v) is 7.88. The van der Waals surface area contributed by atoms with Crippen LogP contribution in [0.15, 0.2) is 24.3 Å². The minimum absolute atomic E-state index is 0.0906. The summed E-state index contributed by atoms with van der Waals surface area (Å²) >= 11 is 0. The van der Waals surface area contributed by atoms with Crippen molar-refractivity contribution >= 4 is 6.09 Å². The lowest BCUT2D eigenvalue weighted by atomic mass is 10.2. The molecule has 2 rings (SSSR count). The van der Waals surface area contributed by atoms with Crippen LogP contribution in [-0.4, -0.2) is 48.9 Å². The van der Waals surface area contributed by atoms with Crippen LogP contribution in [0.25, 0.3) is 0 Å². The molecule has 1 saturated heterocycles. The molecule has 0 spiro atoms. The number of ether oxygens (including phenoxy) is 2. The Hall–Kier alpha value is -1.66. The number of morpholine rings is 1. The maximum Gasteiger partial charge on any atom is 0.410 e. The van der Waals surface area contributed by atoms with Crippen molar-refractivity contribution in [1.29, 1.82) is 0 Å². The zero-order chi connectivity index (χ0) is 16.9. The van der Waals surface area contributed by atoms with Gasteiger partial charge in [0, 0.05) is 19.6 Å². The number of hydrogen-bond acceptors (Lipinski definition) is 4. The van der Waals surface area contributed by atoms with Crippen molar-refractivity contribution in [1.82, 2.24) is 10.2 Å². The molecule has 1 atom stereocenters. The third kappa shape index (κ3) is 5.80. The fourth-order valence-corrected chi connectivity index (χ4v) is 2.41. The number of nitrogens with zero attached hydrogens (tertiary/aromatic N) is 1. The van der Waals surface area contributed by atoms with Gasteiger partial charge in [0.1, 0.15) is 11.4 Å². The Kier molecular flexibility index (Phi) is 5.96. The van der Waals surface area contributed by atoms with Gasteiger partial charge in [-0.2, -0.15) is 0 Å². The van der Waals surface area contributed by atoms with E-state index in [4.69, 9.17) is 9.47 Å². The third-order valence-electron chi connectivity index (χ3n) is 3.45. The van der Waals surface area contributed by atoms with Crippen molar-refractivity contribution < 1.29 is 18.7 Å². The minimum Gasteiger partial charge on any atom is -0.444 e. The van der Waals surface area contributed by atoms with Crippen LogP contribution < -0.4 is 5.32 Å². The summed E-state index contributed by atoms with van der Waals surface area (Å²) in [6.45, 7) is 8.15. The Bertz CT molecular complexity index is 531. The Morgan fingerprint density at radius 2 is 2.26 bits per heavy atom. The fourth-order valence-electron chi connectivity index (χ4n) is 2.41. The Labute approximate surface area is 136 Å². The van der Waals surface area contributed by atoms with Crippen LogP contribution in [0.1, 0.15) is 26.3 Å². The summed E-state index contributed by atoms with van der Waals surface area (Å²) < 4.78 is 24.1. The van der Waals surface area contributed by atoms with Crippen LogP contribution in [0, 0.1) is 5.82 Å². The summed E-state index contributed by atoms with van der Waals surface area (Å²) in [5, 5.41) is 3.25. The first-order valence-electron chi connectivity index (χ1n) is 7.88. The number of nitrogens with one attached hydrogen (secondary N) is 1. The van der Waals surface area contributed by atoms with Crippen LogP contribution in [0.5, 0.6) is 0 Å². The normalized spacial score (nSPS) is 18.8. The van der Waals surface area contributed by atoms with Gasteiger partial charge in [-0.1, -0.05) is 12.1 Å². The smallest absolute Gasteiger partial charge is 0.410 e. The topological polar surface area (TPSA) is 50.8 Å². The molecule has 1 aliphatic heterocycles. The molecule has 0 aromatic heterocycles. The molecule has 1 unspecified atom stereocenters. The molecule has 23 heavy (non-hydrogen) atoms. The van der Waals surface area contributed by atoms with E-state index in [2.05, 4.69) is 5.32 Å². The number of hydrogen-bond donors (Lipinski definition) is 1. The highest BCUT2D eigenvalue weighted by molar-refractivity contribution is 5.68. The molecule has 0 aliphatic carbocycles. The molecule has 128 valence electrons. The summed E-state index contributed by atoms with van der Waals surface area (Å²) in [6, 6.07) is 6.37. The highest BCUT2D eigenvalue weighted by atomic mass is 19.1. The minimum atomic E-state index is -0.519. The molecule has 1 N–H and O–H groups in total. The van der Waals surface area contributed by atoms with E-state index < -0.39 is 5.60 Å². The van der Waals surface area contributed by atoms with Crippen molar-refractivity contribution in [2.45, 2.75) is 39.0 Å². The first-order chi connectivity index (χ1) is 10.8. The molecule has 1 aliphatic rings. The second-order valence-electron chi connectivity index (χ2n) is 6.66. The van der Waals surface area contributed by atoms with E-state index in [0.29, 0.717) is 32.8 Å². The second kappa shape index (κ2) is 7.75. The predicted molar refractivity (Wildman–Crippen MR) is 85.7 cm³/mol. The molecule has 0 bridgehead atoms. The van der Waals surface area contributed by atoms with Crippen LogP contribution in [-0.2, 0) is 16.0 Å². The monoisotopic (exact) mass is 324 g/mol. The van der Waals surface area contributed by atoms with E-state index in [1.165, 1.54) is 12.1 Å². The Balaban J connectivity index is 1.87. The van der Waals surface area contributed by atoms with Gasteiger partial charge in [-0.15, -0.1) is 0 Å². The summed E-state index contributed by atoms with van der Waals surface area (Å²) in [4.78, 5) is 14.0. The largest absolute Gasteiger partial charge is 0.444 e. The molecule has 1 heterocycles. The Morgan fingerprint density at radius 3 is 2.96 bits per heavy atom. The van der Waals surface area contributed by atoms with Gasteiger partial charge in [0.05, 0.1) is 19.3 Å². The molecular formula is C17H25FN2O3. The molecule has 0 radical (unpaired) electrons. The average molecular weight is 324 g/mol. The van der Waals surface area contributed by atoms with Crippen molar-refractivity contribution in [3.63, 3.8) is 0 Å². The summed E-state index contributed by atoms with van der Waals surface area (Å²) in [6.07, 6.45) is -0.321. The first kappa shape index (κ1) is 17.7.